The molecular formula is C20H17Cl2FN2O5. The lowest BCUT2D eigenvalue weighted by atomic mass is 9.91. The Morgan fingerprint density at radius 1 is 1.33 bits per heavy atom. The molecule has 3 rings (SSSR count). The number of pyridine rings is 1. The van der Waals surface area contributed by atoms with E-state index in [0.717, 1.165) is 0 Å². The Labute approximate surface area is 180 Å². The van der Waals surface area contributed by atoms with Crippen molar-refractivity contribution in [3.63, 3.8) is 0 Å². The molecule has 1 amide bonds. The van der Waals surface area contributed by atoms with Crippen molar-refractivity contribution in [2.45, 2.75) is 18.8 Å². The summed E-state index contributed by atoms with van der Waals surface area (Å²) in [5, 5.41) is 12.6. The Morgan fingerprint density at radius 3 is 2.73 bits per heavy atom. The number of aromatic carboxylic acids is 1. The molecule has 0 spiro atoms. The van der Waals surface area contributed by atoms with Crippen LogP contribution in [0.2, 0.25) is 5.02 Å². The number of carboxylic acid groups (broad SMARTS) is 1. The number of amides is 1. The van der Waals surface area contributed by atoms with Gasteiger partial charge in [-0.25, -0.2) is 9.18 Å². The summed E-state index contributed by atoms with van der Waals surface area (Å²) in [7, 11) is 1.19. The Bertz CT molecular complexity index is 1140. The van der Waals surface area contributed by atoms with Gasteiger partial charge in [-0.05, 0) is 35.9 Å². The van der Waals surface area contributed by atoms with Crippen molar-refractivity contribution in [3.8, 4) is 0 Å². The molecule has 158 valence electrons. The van der Waals surface area contributed by atoms with Crippen LogP contribution in [0.5, 0.6) is 0 Å². The van der Waals surface area contributed by atoms with E-state index in [0.29, 0.717) is 21.5 Å². The monoisotopic (exact) mass is 454 g/mol. The minimum atomic E-state index is -2.20. The first kappa shape index (κ1) is 22.0. The smallest absolute Gasteiger partial charge is 0.341 e. The van der Waals surface area contributed by atoms with Crippen LogP contribution in [0.1, 0.15) is 22.3 Å². The Morgan fingerprint density at radius 2 is 2.07 bits per heavy atom. The van der Waals surface area contributed by atoms with Crippen LogP contribution < -0.4 is 10.9 Å². The van der Waals surface area contributed by atoms with Crippen molar-refractivity contribution in [1.82, 2.24) is 10.3 Å². The number of fused-ring (bicyclic) bond motifs is 1. The van der Waals surface area contributed by atoms with Gasteiger partial charge in [-0.1, -0.05) is 29.3 Å². The first-order valence-corrected chi connectivity index (χ1v) is 9.54. The fraction of sp³-hybridized carbons (Fsp3) is 0.250. The molecule has 1 aliphatic carbocycles. The standard InChI is InChI=1S/C20H17Cl2FN2O5/c1-30-20(23)4-2-3-15(22)14(20)8-16(26)24-9-11-6-12(21)5-10-7-13(19(28)29)18(27)25-17(10)11/h2-7,14H,8-9H2,1H3,(H,24,26)(H,25,27)(H,28,29). The van der Waals surface area contributed by atoms with E-state index in [1.807, 2.05) is 0 Å². The Balaban J connectivity index is 1.82. The number of carbonyl (C=O) groups is 2. The number of carbonyl (C=O) groups excluding carboxylic acids is 1. The maximum atomic E-state index is 14.8. The van der Waals surface area contributed by atoms with E-state index >= 15 is 0 Å². The minimum Gasteiger partial charge on any atom is -0.477 e. The van der Waals surface area contributed by atoms with Gasteiger partial charge in [0.15, 0.2) is 0 Å². The van der Waals surface area contributed by atoms with Gasteiger partial charge in [-0.3, -0.25) is 9.59 Å². The van der Waals surface area contributed by atoms with Crippen LogP contribution in [0.25, 0.3) is 10.9 Å². The van der Waals surface area contributed by atoms with E-state index in [9.17, 15) is 18.8 Å². The predicted octanol–water partition coefficient (Wildman–Crippen LogP) is 3.51. The molecule has 1 aliphatic rings. The molecule has 1 aromatic heterocycles. The first-order chi connectivity index (χ1) is 14.1. The van der Waals surface area contributed by atoms with Gasteiger partial charge in [-0.2, -0.15) is 0 Å². The SMILES string of the molecule is COC1(F)C=CC=C(Cl)C1CC(=O)NCc1cc(Cl)cc2cc(C(=O)O)c(=O)[nH]c12. The van der Waals surface area contributed by atoms with Gasteiger partial charge in [0.1, 0.15) is 5.56 Å². The first-order valence-electron chi connectivity index (χ1n) is 8.79. The van der Waals surface area contributed by atoms with Crippen molar-refractivity contribution in [2.75, 3.05) is 7.11 Å². The predicted molar refractivity (Wildman–Crippen MR) is 110 cm³/mol. The van der Waals surface area contributed by atoms with Crippen LogP contribution in [0.15, 0.2) is 46.3 Å². The average molecular weight is 455 g/mol. The van der Waals surface area contributed by atoms with Crippen molar-refractivity contribution >= 4 is 46.0 Å². The lowest BCUT2D eigenvalue weighted by Crippen LogP contribution is -2.38. The number of methoxy groups -OCH3 is 1. The highest BCUT2D eigenvalue weighted by Gasteiger charge is 2.41. The number of hydrogen-bond donors (Lipinski definition) is 3. The highest BCUT2D eigenvalue weighted by molar-refractivity contribution is 6.31. The van der Waals surface area contributed by atoms with Crippen molar-refractivity contribution in [3.05, 3.63) is 68.0 Å². The number of allylic oxidation sites excluding steroid dienone is 2. The van der Waals surface area contributed by atoms with Crippen LogP contribution in [-0.4, -0.2) is 34.9 Å². The third-order valence-electron chi connectivity index (χ3n) is 4.79. The Kier molecular flexibility index (Phi) is 6.30. The molecule has 0 saturated carbocycles. The molecule has 0 radical (unpaired) electrons. The molecule has 1 heterocycles. The summed E-state index contributed by atoms with van der Waals surface area (Å²) in [4.78, 5) is 38.1. The van der Waals surface area contributed by atoms with E-state index in [1.165, 1.54) is 43.5 Å². The number of alkyl halides is 1. The zero-order valence-corrected chi connectivity index (χ0v) is 17.2. The number of aromatic amines is 1. The second-order valence-corrected chi connectivity index (χ2v) is 7.57. The summed E-state index contributed by atoms with van der Waals surface area (Å²) < 4.78 is 19.7. The zero-order valence-electron chi connectivity index (χ0n) is 15.7. The van der Waals surface area contributed by atoms with Crippen molar-refractivity contribution < 1.29 is 23.8 Å². The van der Waals surface area contributed by atoms with Crippen molar-refractivity contribution in [1.29, 1.82) is 0 Å². The van der Waals surface area contributed by atoms with Crippen LogP contribution in [0.3, 0.4) is 0 Å². The number of halogens is 3. The summed E-state index contributed by atoms with van der Waals surface area (Å²) in [6.45, 7) is -0.0333. The van der Waals surface area contributed by atoms with Gasteiger partial charge in [0.25, 0.3) is 5.56 Å². The van der Waals surface area contributed by atoms with E-state index in [2.05, 4.69) is 10.3 Å². The largest absolute Gasteiger partial charge is 0.477 e. The number of carboxylic acids is 1. The lowest BCUT2D eigenvalue weighted by Gasteiger charge is -2.31. The fourth-order valence-corrected chi connectivity index (χ4v) is 3.79. The van der Waals surface area contributed by atoms with E-state index in [1.54, 1.807) is 0 Å². The fourth-order valence-electron chi connectivity index (χ4n) is 3.24. The molecule has 7 nitrogen and oxygen atoms in total. The van der Waals surface area contributed by atoms with Gasteiger partial charge >= 0.3 is 5.97 Å². The molecule has 0 fully saturated rings. The molecule has 10 heteroatoms. The molecule has 3 N–H and O–H groups in total. The lowest BCUT2D eigenvalue weighted by molar-refractivity contribution is -0.134. The molecular weight excluding hydrogens is 438 g/mol. The van der Waals surface area contributed by atoms with E-state index < -0.39 is 34.8 Å². The third kappa shape index (κ3) is 4.40. The van der Waals surface area contributed by atoms with Crippen LogP contribution in [0.4, 0.5) is 4.39 Å². The minimum absolute atomic E-state index is 0.0333. The molecule has 2 unspecified atom stereocenters. The summed E-state index contributed by atoms with van der Waals surface area (Å²) in [6, 6.07) is 4.24. The molecule has 0 saturated heterocycles. The summed E-state index contributed by atoms with van der Waals surface area (Å²) in [6.07, 6.45) is 3.82. The third-order valence-corrected chi connectivity index (χ3v) is 5.40. The van der Waals surface area contributed by atoms with Gasteiger partial charge in [-0.15, -0.1) is 0 Å². The quantitative estimate of drug-likeness (QED) is 0.618. The highest BCUT2D eigenvalue weighted by atomic mass is 35.5. The maximum Gasteiger partial charge on any atom is 0.341 e. The van der Waals surface area contributed by atoms with Crippen molar-refractivity contribution in [2.24, 2.45) is 5.92 Å². The number of benzene rings is 1. The summed E-state index contributed by atoms with van der Waals surface area (Å²) >= 11 is 12.2. The summed E-state index contributed by atoms with van der Waals surface area (Å²) in [5.41, 5.74) is -0.406. The van der Waals surface area contributed by atoms with Crippen LogP contribution in [-0.2, 0) is 16.1 Å². The number of nitrogens with one attached hydrogen (secondary N) is 2. The van der Waals surface area contributed by atoms with Crippen LogP contribution in [0, 0.1) is 5.92 Å². The van der Waals surface area contributed by atoms with Gasteiger partial charge in [0.05, 0.1) is 11.4 Å². The second-order valence-electron chi connectivity index (χ2n) is 6.69. The number of rotatable bonds is 6. The second kappa shape index (κ2) is 8.59. The molecule has 30 heavy (non-hydrogen) atoms. The van der Waals surface area contributed by atoms with Gasteiger partial charge in [0, 0.05) is 35.5 Å². The molecule has 0 bridgehead atoms. The number of ether oxygens (including phenoxy) is 1. The zero-order chi connectivity index (χ0) is 22.1. The average Bonchev–Trinajstić information content (AvgIpc) is 2.69. The molecule has 2 aromatic rings. The summed E-state index contributed by atoms with van der Waals surface area (Å²) in [5.74, 6) is -5.08. The Hall–Kier alpha value is -2.68. The van der Waals surface area contributed by atoms with E-state index in [4.69, 9.17) is 33.0 Å². The molecule has 2 atom stereocenters. The highest BCUT2D eigenvalue weighted by Crippen LogP contribution is 2.38. The molecule has 1 aromatic carbocycles. The van der Waals surface area contributed by atoms with Gasteiger partial charge < -0.3 is 20.1 Å². The van der Waals surface area contributed by atoms with E-state index in [-0.39, 0.29) is 18.0 Å². The number of H-pyrrole nitrogens is 1. The number of aromatic nitrogens is 1. The van der Waals surface area contributed by atoms with Gasteiger partial charge in [0.2, 0.25) is 11.8 Å². The number of hydrogen-bond acceptors (Lipinski definition) is 4. The molecule has 0 aliphatic heterocycles. The van der Waals surface area contributed by atoms with Crippen LogP contribution >= 0.6 is 23.2 Å². The maximum absolute atomic E-state index is 14.8. The normalized spacial score (nSPS) is 20.8. The topological polar surface area (TPSA) is 108 Å².